The fourth-order valence-corrected chi connectivity index (χ4v) is 1.23. The van der Waals surface area contributed by atoms with Crippen molar-refractivity contribution in [2.45, 2.75) is 13.3 Å². The Balaban J connectivity index is 1.93. The van der Waals surface area contributed by atoms with E-state index in [0.717, 1.165) is 11.4 Å². The number of aromatic nitrogens is 4. The van der Waals surface area contributed by atoms with Gasteiger partial charge < -0.3 is 5.32 Å². The molecule has 0 bridgehead atoms. The Hall–Kier alpha value is -2.11. The van der Waals surface area contributed by atoms with Gasteiger partial charge in [-0.2, -0.15) is 10.2 Å². The van der Waals surface area contributed by atoms with Crippen LogP contribution in [0.3, 0.4) is 0 Å². The van der Waals surface area contributed by atoms with E-state index in [4.69, 9.17) is 0 Å². The van der Waals surface area contributed by atoms with Gasteiger partial charge >= 0.3 is 0 Å². The lowest BCUT2D eigenvalue weighted by Gasteiger charge is -1.98. The first-order valence-corrected chi connectivity index (χ1v) is 4.54. The third kappa shape index (κ3) is 2.43. The molecule has 0 aliphatic carbocycles. The molecule has 0 saturated heterocycles. The van der Waals surface area contributed by atoms with Gasteiger partial charge in [-0.3, -0.25) is 15.0 Å². The first-order chi connectivity index (χ1) is 7.24. The van der Waals surface area contributed by atoms with Crippen LogP contribution < -0.4 is 5.32 Å². The van der Waals surface area contributed by atoms with Gasteiger partial charge in [-0.15, -0.1) is 0 Å². The number of amides is 1. The Morgan fingerprint density at radius 3 is 3.00 bits per heavy atom. The number of nitrogens with one attached hydrogen (secondary N) is 3. The summed E-state index contributed by atoms with van der Waals surface area (Å²) in [5.74, 6) is 0.419. The highest BCUT2D eigenvalue weighted by Gasteiger charge is 2.06. The van der Waals surface area contributed by atoms with Gasteiger partial charge in [0.05, 0.1) is 6.42 Å². The van der Waals surface area contributed by atoms with Gasteiger partial charge in [-0.1, -0.05) is 0 Å². The maximum Gasteiger partial charge on any atom is 0.231 e. The van der Waals surface area contributed by atoms with Crippen molar-refractivity contribution in [1.29, 1.82) is 0 Å². The van der Waals surface area contributed by atoms with Gasteiger partial charge in [0.15, 0.2) is 5.82 Å². The number of nitrogens with zero attached hydrogens (tertiary/aromatic N) is 2. The Bertz CT molecular complexity index is 445. The van der Waals surface area contributed by atoms with Crippen molar-refractivity contribution in [2.75, 3.05) is 5.32 Å². The van der Waals surface area contributed by atoms with E-state index < -0.39 is 0 Å². The van der Waals surface area contributed by atoms with E-state index >= 15 is 0 Å². The van der Waals surface area contributed by atoms with E-state index in [-0.39, 0.29) is 12.3 Å². The fourth-order valence-electron chi connectivity index (χ4n) is 1.23. The molecule has 0 aromatic carbocycles. The molecule has 2 heterocycles. The topological polar surface area (TPSA) is 86.5 Å². The van der Waals surface area contributed by atoms with Gasteiger partial charge in [0, 0.05) is 23.7 Å². The molecule has 0 aliphatic rings. The van der Waals surface area contributed by atoms with Crippen molar-refractivity contribution in [3.8, 4) is 0 Å². The quantitative estimate of drug-likeness (QED) is 0.686. The zero-order chi connectivity index (χ0) is 10.7. The molecule has 6 nitrogen and oxygen atoms in total. The summed E-state index contributed by atoms with van der Waals surface area (Å²) in [6.45, 7) is 1.87. The molecule has 1 amide bonds. The highest BCUT2D eigenvalue weighted by Crippen LogP contribution is 2.04. The number of rotatable bonds is 3. The van der Waals surface area contributed by atoms with Crippen molar-refractivity contribution < 1.29 is 4.79 Å². The molecule has 3 N–H and O–H groups in total. The zero-order valence-corrected chi connectivity index (χ0v) is 8.24. The predicted molar refractivity (Wildman–Crippen MR) is 54.2 cm³/mol. The van der Waals surface area contributed by atoms with Gasteiger partial charge in [0.25, 0.3) is 0 Å². The molecule has 6 heteroatoms. The average Bonchev–Trinajstić information content (AvgIpc) is 2.77. The van der Waals surface area contributed by atoms with Gasteiger partial charge in [-0.05, 0) is 13.0 Å². The second-order valence-corrected chi connectivity index (χ2v) is 3.24. The van der Waals surface area contributed by atoms with Crippen molar-refractivity contribution in [2.24, 2.45) is 0 Å². The van der Waals surface area contributed by atoms with Crippen molar-refractivity contribution in [3.63, 3.8) is 0 Å². The maximum atomic E-state index is 11.5. The summed E-state index contributed by atoms with van der Waals surface area (Å²) in [6, 6.07) is 3.53. The first kappa shape index (κ1) is 9.45. The van der Waals surface area contributed by atoms with E-state index in [2.05, 4.69) is 25.7 Å². The molecule has 78 valence electrons. The van der Waals surface area contributed by atoms with E-state index in [1.165, 1.54) is 0 Å². The molecule has 2 aromatic heterocycles. The number of carbonyl (C=O) groups excluding carboxylic acids is 1. The smallest absolute Gasteiger partial charge is 0.231 e. The summed E-state index contributed by atoms with van der Waals surface area (Å²) >= 11 is 0. The number of aromatic amines is 2. The first-order valence-electron chi connectivity index (χ1n) is 4.54. The number of hydrogen-bond donors (Lipinski definition) is 3. The number of H-pyrrole nitrogens is 2. The number of carbonyl (C=O) groups is 1. The molecule has 0 spiro atoms. The number of anilines is 1. The monoisotopic (exact) mass is 205 g/mol. The third-order valence-corrected chi connectivity index (χ3v) is 1.88. The molecule has 2 rings (SSSR count). The summed E-state index contributed by atoms with van der Waals surface area (Å²) in [6.07, 6.45) is 1.88. The van der Waals surface area contributed by atoms with E-state index in [0.29, 0.717) is 5.82 Å². The summed E-state index contributed by atoms with van der Waals surface area (Å²) in [7, 11) is 0. The molecule has 0 saturated carbocycles. The normalized spacial score (nSPS) is 10.2. The second-order valence-electron chi connectivity index (χ2n) is 3.24. The van der Waals surface area contributed by atoms with E-state index in [9.17, 15) is 4.79 Å². The molecule has 0 atom stereocenters. The minimum Gasteiger partial charge on any atom is -0.309 e. The maximum absolute atomic E-state index is 11.5. The van der Waals surface area contributed by atoms with Crippen LogP contribution in [0, 0.1) is 6.92 Å². The number of hydrogen-bond acceptors (Lipinski definition) is 3. The Morgan fingerprint density at radius 1 is 1.53 bits per heavy atom. The summed E-state index contributed by atoms with van der Waals surface area (Å²) in [4.78, 5) is 11.5. The average molecular weight is 205 g/mol. The van der Waals surface area contributed by atoms with Crippen molar-refractivity contribution in [1.82, 2.24) is 20.4 Å². The zero-order valence-electron chi connectivity index (χ0n) is 8.24. The van der Waals surface area contributed by atoms with Crippen LogP contribution in [-0.2, 0) is 11.2 Å². The molecular weight excluding hydrogens is 194 g/mol. The van der Waals surface area contributed by atoms with E-state index in [1.807, 2.05) is 6.92 Å². The van der Waals surface area contributed by atoms with Gasteiger partial charge in [0.2, 0.25) is 5.91 Å². The molecule has 15 heavy (non-hydrogen) atoms. The molecular formula is C9H11N5O. The Labute approximate surface area is 86.1 Å². The molecule has 0 aliphatic heterocycles. The summed E-state index contributed by atoms with van der Waals surface area (Å²) in [5, 5.41) is 15.8. The van der Waals surface area contributed by atoms with Crippen LogP contribution in [0.4, 0.5) is 5.82 Å². The predicted octanol–water partition coefficient (Wildman–Crippen LogP) is 0.622. The van der Waals surface area contributed by atoms with Gasteiger partial charge in [-0.25, -0.2) is 0 Å². The molecule has 0 radical (unpaired) electrons. The minimum atomic E-state index is -0.120. The van der Waals surface area contributed by atoms with Crippen LogP contribution in [0.15, 0.2) is 18.3 Å². The lowest BCUT2D eigenvalue weighted by molar-refractivity contribution is -0.115. The van der Waals surface area contributed by atoms with Gasteiger partial charge in [0.1, 0.15) is 0 Å². The van der Waals surface area contributed by atoms with Crippen LogP contribution in [0.1, 0.15) is 11.4 Å². The fraction of sp³-hybridized carbons (Fsp3) is 0.222. The minimum absolute atomic E-state index is 0.120. The second kappa shape index (κ2) is 3.95. The standard InChI is InChI=1S/C9H11N5O/c1-6-4-8(14-12-6)11-9(15)5-7-2-3-10-13-7/h2-4H,5H2,1H3,(H,10,13)(H2,11,12,14,15). The van der Waals surface area contributed by atoms with Crippen LogP contribution >= 0.6 is 0 Å². The SMILES string of the molecule is Cc1cc(NC(=O)Cc2ccn[nH]2)n[nH]1. The summed E-state index contributed by atoms with van der Waals surface area (Å²) in [5.41, 5.74) is 1.69. The van der Waals surface area contributed by atoms with Crippen LogP contribution in [-0.4, -0.2) is 26.3 Å². The van der Waals surface area contributed by atoms with Crippen LogP contribution in [0.5, 0.6) is 0 Å². The third-order valence-electron chi connectivity index (χ3n) is 1.88. The van der Waals surface area contributed by atoms with Crippen LogP contribution in [0.25, 0.3) is 0 Å². The molecule has 0 unspecified atom stereocenters. The highest BCUT2D eigenvalue weighted by molar-refractivity contribution is 5.91. The van der Waals surface area contributed by atoms with Crippen molar-refractivity contribution in [3.05, 3.63) is 29.7 Å². The lowest BCUT2D eigenvalue weighted by Crippen LogP contribution is -2.14. The lowest BCUT2D eigenvalue weighted by atomic mass is 10.3. The van der Waals surface area contributed by atoms with E-state index in [1.54, 1.807) is 18.3 Å². The van der Waals surface area contributed by atoms with Crippen molar-refractivity contribution >= 4 is 11.7 Å². The summed E-state index contributed by atoms with van der Waals surface area (Å²) < 4.78 is 0. The number of aryl methyl sites for hydroxylation is 1. The highest BCUT2D eigenvalue weighted by atomic mass is 16.1. The Kier molecular flexibility index (Phi) is 2.49. The van der Waals surface area contributed by atoms with Crippen LogP contribution in [0.2, 0.25) is 0 Å². The molecule has 0 fully saturated rings. The molecule has 2 aromatic rings. The Morgan fingerprint density at radius 2 is 2.40 bits per heavy atom. The largest absolute Gasteiger partial charge is 0.309 e.